The van der Waals surface area contributed by atoms with Gasteiger partial charge in [-0.1, -0.05) is 6.07 Å². The van der Waals surface area contributed by atoms with Crippen LogP contribution in [0.15, 0.2) is 23.1 Å². The molecule has 1 aromatic rings. The molecule has 1 aliphatic heterocycles. The Labute approximate surface area is 130 Å². The lowest BCUT2D eigenvalue weighted by Crippen LogP contribution is -2.30. The summed E-state index contributed by atoms with van der Waals surface area (Å²) < 4.78 is 32.9. The van der Waals surface area contributed by atoms with Crippen LogP contribution in [0.3, 0.4) is 0 Å². The molecular formula is C14H22N2O3S2. The van der Waals surface area contributed by atoms with Crippen molar-refractivity contribution in [3.05, 3.63) is 23.8 Å². The van der Waals surface area contributed by atoms with E-state index in [1.165, 1.54) is 7.11 Å². The molecule has 7 heteroatoms. The highest BCUT2D eigenvalue weighted by molar-refractivity contribution is 8.00. The Balaban J connectivity index is 2.18. The number of rotatable bonds is 7. The standard InChI is InChI=1S/C14H22N2O3S2/c1-15-9-11-5-6-13(19-2)14(8-11)21(17,18)16-10-12-4-3-7-20-12/h5-6,8,12,15-16H,3-4,7,9-10H2,1-2H3. The fourth-order valence-corrected chi connectivity index (χ4v) is 4.94. The lowest BCUT2D eigenvalue weighted by Gasteiger charge is -2.14. The zero-order valence-electron chi connectivity index (χ0n) is 12.4. The van der Waals surface area contributed by atoms with Crippen molar-refractivity contribution in [1.29, 1.82) is 0 Å². The molecule has 0 radical (unpaired) electrons. The van der Waals surface area contributed by atoms with E-state index >= 15 is 0 Å². The average molecular weight is 330 g/mol. The van der Waals surface area contributed by atoms with Crippen LogP contribution in [0, 0.1) is 0 Å². The van der Waals surface area contributed by atoms with Gasteiger partial charge in [0.2, 0.25) is 10.0 Å². The Morgan fingerprint density at radius 2 is 2.24 bits per heavy atom. The zero-order valence-corrected chi connectivity index (χ0v) is 14.0. The summed E-state index contributed by atoms with van der Waals surface area (Å²) in [6.07, 6.45) is 2.24. The summed E-state index contributed by atoms with van der Waals surface area (Å²) >= 11 is 1.83. The van der Waals surface area contributed by atoms with E-state index in [9.17, 15) is 8.42 Å². The van der Waals surface area contributed by atoms with E-state index in [1.807, 2.05) is 24.9 Å². The number of benzene rings is 1. The first-order valence-corrected chi connectivity index (χ1v) is 9.53. The minimum absolute atomic E-state index is 0.209. The molecule has 0 aliphatic carbocycles. The molecule has 118 valence electrons. The molecule has 1 aromatic carbocycles. The van der Waals surface area contributed by atoms with E-state index in [1.54, 1.807) is 12.1 Å². The minimum atomic E-state index is -3.55. The van der Waals surface area contributed by atoms with Gasteiger partial charge in [0.05, 0.1) is 7.11 Å². The zero-order chi connectivity index (χ0) is 15.3. The molecule has 1 unspecified atom stereocenters. The molecule has 1 fully saturated rings. The van der Waals surface area contributed by atoms with Gasteiger partial charge in [-0.2, -0.15) is 11.8 Å². The third-order valence-electron chi connectivity index (χ3n) is 3.42. The highest BCUT2D eigenvalue weighted by Crippen LogP contribution is 2.27. The first-order valence-electron chi connectivity index (χ1n) is 6.99. The third kappa shape index (κ3) is 4.35. The van der Waals surface area contributed by atoms with Crippen LogP contribution in [0.25, 0.3) is 0 Å². The number of hydrogen-bond donors (Lipinski definition) is 2. The van der Waals surface area contributed by atoms with Crippen LogP contribution in [0.2, 0.25) is 0 Å². The summed E-state index contributed by atoms with van der Waals surface area (Å²) in [5.41, 5.74) is 0.911. The summed E-state index contributed by atoms with van der Waals surface area (Å²) in [4.78, 5) is 0.209. The van der Waals surface area contributed by atoms with E-state index in [0.29, 0.717) is 24.1 Å². The Hall–Kier alpha value is -0.760. The van der Waals surface area contributed by atoms with Crippen LogP contribution < -0.4 is 14.8 Å². The monoisotopic (exact) mass is 330 g/mol. The molecule has 0 amide bonds. The van der Waals surface area contributed by atoms with Crippen molar-refractivity contribution in [3.8, 4) is 5.75 Å². The van der Waals surface area contributed by atoms with Crippen LogP contribution in [-0.2, 0) is 16.6 Å². The molecular weight excluding hydrogens is 308 g/mol. The van der Waals surface area contributed by atoms with Gasteiger partial charge in [-0.25, -0.2) is 13.1 Å². The van der Waals surface area contributed by atoms with Gasteiger partial charge in [0, 0.05) is 18.3 Å². The Bertz CT molecular complexity index is 570. The average Bonchev–Trinajstić information content (AvgIpc) is 2.99. The second-order valence-electron chi connectivity index (χ2n) is 5.00. The molecule has 2 N–H and O–H groups in total. The highest BCUT2D eigenvalue weighted by Gasteiger charge is 2.23. The van der Waals surface area contributed by atoms with Crippen molar-refractivity contribution in [2.45, 2.75) is 29.5 Å². The molecule has 0 spiro atoms. The van der Waals surface area contributed by atoms with E-state index in [2.05, 4.69) is 10.0 Å². The number of thioether (sulfide) groups is 1. The van der Waals surface area contributed by atoms with Crippen LogP contribution in [0.5, 0.6) is 5.75 Å². The van der Waals surface area contributed by atoms with Crippen LogP contribution in [0.1, 0.15) is 18.4 Å². The van der Waals surface area contributed by atoms with Crippen molar-refractivity contribution in [1.82, 2.24) is 10.0 Å². The lowest BCUT2D eigenvalue weighted by atomic mass is 10.2. The van der Waals surface area contributed by atoms with Crippen LogP contribution in [-0.4, -0.2) is 40.1 Å². The van der Waals surface area contributed by atoms with E-state index in [0.717, 1.165) is 24.2 Å². The lowest BCUT2D eigenvalue weighted by molar-refractivity contribution is 0.402. The fourth-order valence-electron chi connectivity index (χ4n) is 2.33. The van der Waals surface area contributed by atoms with Gasteiger partial charge in [0.1, 0.15) is 10.6 Å². The van der Waals surface area contributed by atoms with Crippen molar-refractivity contribution in [3.63, 3.8) is 0 Å². The second kappa shape index (κ2) is 7.49. The number of nitrogens with one attached hydrogen (secondary N) is 2. The molecule has 5 nitrogen and oxygen atoms in total. The normalized spacial score (nSPS) is 18.9. The molecule has 0 saturated carbocycles. The molecule has 1 atom stereocenters. The van der Waals surface area contributed by atoms with Crippen molar-refractivity contribution >= 4 is 21.8 Å². The van der Waals surface area contributed by atoms with E-state index < -0.39 is 10.0 Å². The largest absolute Gasteiger partial charge is 0.495 e. The summed E-state index contributed by atoms with van der Waals surface area (Å²) in [5.74, 6) is 1.49. The Morgan fingerprint density at radius 3 is 2.86 bits per heavy atom. The minimum Gasteiger partial charge on any atom is -0.495 e. The maximum Gasteiger partial charge on any atom is 0.244 e. The van der Waals surface area contributed by atoms with Crippen molar-refractivity contribution in [2.24, 2.45) is 0 Å². The second-order valence-corrected chi connectivity index (χ2v) is 8.15. The van der Waals surface area contributed by atoms with E-state index in [4.69, 9.17) is 4.74 Å². The van der Waals surface area contributed by atoms with Gasteiger partial charge in [0.25, 0.3) is 0 Å². The van der Waals surface area contributed by atoms with Crippen molar-refractivity contribution < 1.29 is 13.2 Å². The quantitative estimate of drug-likeness (QED) is 0.795. The highest BCUT2D eigenvalue weighted by atomic mass is 32.2. The molecule has 1 heterocycles. The third-order valence-corrected chi connectivity index (χ3v) is 6.27. The summed E-state index contributed by atoms with van der Waals surface area (Å²) in [6, 6.07) is 5.23. The van der Waals surface area contributed by atoms with Crippen LogP contribution >= 0.6 is 11.8 Å². The summed E-state index contributed by atoms with van der Waals surface area (Å²) in [7, 11) is -0.235. The van der Waals surface area contributed by atoms with Gasteiger partial charge < -0.3 is 10.1 Å². The topological polar surface area (TPSA) is 67.4 Å². The number of hydrogen-bond acceptors (Lipinski definition) is 5. The summed E-state index contributed by atoms with van der Waals surface area (Å²) in [5, 5.41) is 3.40. The maximum atomic E-state index is 12.5. The molecule has 0 bridgehead atoms. The maximum absolute atomic E-state index is 12.5. The fraction of sp³-hybridized carbons (Fsp3) is 0.571. The number of sulfonamides is 1. The summed E-state index contributed by atoms with van der Waals surface area (Å²) in [6.45, 7) is 1.09. The van der Waals surface area contributed by atoms with Gasteiger partial charge in [-0.15, -0.1) is 0 Å². The van der Waals surface area contributed by atoms with Gasteiger partial charge in [0.15, 0.2) is 0 Å². The molecule has 1 saturated heterocycles. The smallest absolute Gasteiger partial charge is 0.244 e. The Kier molecular flexibility index (Phi) is 5.92. The van der Waals surface area contributed by atoms with Gasteiger partial charge in [-0.3, -0.25) is 0 Å². The van der Waals surface area contributed by atoms with Gasteiger partial charge >= 0.3 is 0 Å². The number of ether oxygens (including phenoxy) is 1. The molecule has 0 aromatic heterocycles. The molecule has 1 aliphatic rings. The predicted octanol–water partition coefficient (Wildman–Crippen LogP) is 1.59. The number of methoxy groups -OCH3 is 1. The first kappa shape index (κ1) is 16.6. The van der Waals surface area contributed by atoms with Gasteiger partial charge in [-0.05, 0) is 43.3 Å². The molecule has 21 heavy (non-hydrogen) atoms. The van der Waals surface area contributed by atoms with Crippen molar-refractivity contribution in [2.75, 3.05) is 26.5 Å². The van der Waals surface area contributed by atoms with Crippen LogP contribution in [0.4, 0.5) is 0 Å². The molecule has 2 rings (SSSR count). The SMILES string of the molecule is CNCc1ccc(OC)c(S(=O)(=O)NCC2CCCS2)c1. The van der Waals surface area contributed by atoms with E-state index in [-0.39, 0.29) is 4.90 Å². The first-order chi connectivity index (χ1) is 10.1. The Morgan fingerprint density at radius 1 is 1.43 bits per heavy atom. The predicted molar refractivity (Wildman–Crippen MR) is 86.4 cm³/mol.